The van der Waals surface area contributed by atoms with Crippen LogP contribution in [0.1, 0.15) is 19.8 Å². The summed E-state index contributed by atoms with van der Waals surface area (Å²) in [6.45, 7) is 2.99. The largest absolute Gasteiger partial charge is 0.366 e. The summed E-state index contributed by atoms with van der Waals surface area (Å²) in [6, 6.07) is 6.05. The van der Waals surface area contributed by atoms with Crippen molar-refractivity contribution in [3.8, 4) is 0 Å². The minimum atomic E-state index is -0.302. The van der Waals surface area contributed by atoms with E-state index in [0.717, 1.165) is 19.4 Å². The highest BCUT2D eigenvalue weighted by Crippen LogP contribution is 2.30. The van der Waals surface area contributed by atoms with E-state index in [1.807, 2.05) is 7.05 Å². The lowest BCUT2D eigenvalue weighted by Gasteiger charge is -2.39. The molecule has 94 valence electrons. The van der Waals surface area contributed by atoms with Crippen molar-refractivity contribution < 1.29 is 4.39 Å². The van der Waals surface area contributed by atoms with E-state index in [0.29, 0.717) is 17.8 Å². The van der Waals surface area contributed by atoms with Gasteiger partial charge in [0.1, 0.15) is 0 Å². The molecule has 0 radical (unpaired) electrons. The third-order valence-electron chi connectivity index (χ3n) is 3.53. The fourth-order valence-corrected chi connectivity index (χ4v) is 2.68. The number of hydrogen-bond donors (Lipinski definition) is 1. The first-order valence-corrected chi connectivity index (χ1v) is 6.39. The lowest BCUT2D eigenvalue weighted by molar-refractivity contribution is 0.384. The molecule has 2 rings (SSSR count). The van der Waals surface area contributed by atoms with Crippen LogP contribution in [0.25, 0.3) is 0 Å². The number of nitrogens with zero attached hydrogens (tertiary/aromatic N) is 1. The Morgan fingerprint density at radius 2 is 2.24 bits per heavy atom. The van der Waals surface area contributed by atoms with Gasteiger partial charge in [-0.2, -0.15) is 0 Å². The van der Waals surface area contributed by atoms with Gasteiger partial charge in [0.15, 0.2) is 5.82 Å². The highest BCUT2D eigenvalue weighted by atomic mass is 35.5. The summed E-state index contributed by atoms with van der Waals surface area (Å²) in [7, 11) is 1.98. The van der Waals surface area contributed by atoms with Crippen LogP contribution in [0, 0.1) is 5.82 Å². The Balaban J connectivity index is 2.20. The molecule has 0 amide bonds. The van der Waals surface area contributed by atoms with Gasteiger partial charge in [-0.1, -0.05) is 17.7 Å². The maximum atomic E-state index is 13.9. The first-order valence-electron chi connectivity index (χ1n) is 6.01. The average Bonchev–Trinajstić information content (AvgIpc) is 2.33. The van der Waals surface area contributed by atoms with E-state index in [4.69, 9.17) is 11.6 Å². The molecule has 0 spiro atoms. The predicted molar refractivity (Wildman–Crippen MR) is 70.3 cm³/mol. The second-order valence-corrected chi connectivity index (χ2v) is 5.03. The van der Waals surface area contributed by atoms with Crippen LogP contribution in [-0.2, 0) is 0 Å². The number of nitrogens with one attached hydrogen (secondary N) is 1. The van der Waals surface area contributed by atoms with E-state index in [1.165, 1.54) is 0 Å². The highest BCUT2D eigenvalue weighted by Gasteiger charge is 2.26. The number of hydrogen-bond acceptors (Lipinski definition) is 2. The van der Waals surface area contributed by atoms with Crippen molar-refractivity contribution in [3.63, 3.8) is 0 Å². The number of halogens is 2. The molecule has 1 aromatic carbocycles. The van der Waals surface area contributed by atoms with E-state index < -0.39 is 0 Å². The molecular formula is C13H18ClFN2. The summed E-state index contributed by atoms with van der Waals surface area (Å²) in [4.78, 5) is 2.11. The van der Waals surface area contributed by atoms with Crippen molar-refractivity contribution in [2.45, 2.75) is 31.8 Å². The molecule has 17 heavy (non-hydrogen) atoms. The number of anilines is 1. The fraction of sp³-hybridized carbons (Fsp3) is 0.538. The quantitative estimate of drug-likeness (QED) is 0.875. The molecule has 0 aromatic heterocycles. The SMILES string of the molecule is CNC1CCN(c2cccc(Cl)c2F)C(C)C1. The molecule has 0 aliphatic carbocycles. The summed E-state index contributed by atoms with van der Waals surface area (Å²) in [5, 5.41) is 3.49. The van der Waals surface area contributed by atoms with Gasteiger partial charge < -0.3 is 10.2 Å². The Labute approximate surface area is 107 Å². The lowest BCUT2D eigenvalue weighted by Crippen LogP contribution is -2.47. The van der Waals surface area contributed by atoms with Crippen LogP contribution < -0.4 is 10.2 Å². The molecule has 2 unspecified atom stereocenters. The molecule has 2 nitrogen and oxygen atoms in total. The maximum absolute atomic E-state index is 13.9. The normalized spacial score (nSPS) is 25.1. The fourth-order valence-electron chi connectivity index (χ4n) is 2.51. The first-order chi connectivity index (χ1) is 8.13. The van der Waals surface area contributed by atoms with Crippen LogP contribution in [0.15, 0.2) is 18.2 Å². The van der Waals surface area contributed by atoms with Gasteiger partial charge in [0.05, 0.1) is 10.7 Å². The Hall–Kier alpha value is -0.800. The van der Waals surface area contributed by atoms with Gasteiger partial charge in [0.25, 0.3) is 0 Å². The summed E-state index contributed by atoms with van der Waals surface area (Å²) in [5.41, 5.74) is 0.625. The van der Waals surface area contributed by atoms with E-state index in [1.54, 1.807) is 18.2 Å². The van der Waals surface area contributed by atoms with Crippen molar-refractivity contribution in [1.82, 2.24) is 5.32 Å². The van der Waals surface area contributed by atoms with Crippen molar-refractivity contribution in [2.75, 3.05) is 18.5 Å². The van der Waals surface area contributed by atoms with Crippen LogP contribution in [0.2, 0.25) is 5.02 Å². The van der Waals surface area contributed by atoms with E-state index >= 15 is 0 Å². The van der Waals surface area contributed by atoms with Gasteiger partial charge >= 0.3 is 0 Å². The zero-order valence-electron chi connectivity index (χ0n) is 10.2. The van der Waals surface area contributed by atoms with Gasteiger partial charge in [-0.25, -0.2) is 4.39 Å². The predicted octanol–water partition coefficient (Wildman–Crippen LogP) is 3.06. The molecule has 1 aliphatic rings. The van der Waals surface area contributed by atoms with Crippen molar-refractivity contribution in [1.29, 1.82) is 0 Å². The van der Waals surface area contributed by atoms with Gasteiger partial charge in [-0.3, -0.25) is 0 Å². The zero-order chi connectivity index (χ0) is 12.4. The number of piperidine rings is 1. The zero-order valence-corrected chi connectivity index (χ0v) is 11.0. The first kappa shape index (κ1) is 12.7. The standard InChI is InChI=1S/C13H18ClFN2/c1-9-8-10(16-2)6-7-17(9)12-5-3-4-11(14)13(12)15/h3-5,9-10,16H,6-8H2,1-2H3. The number of benzene rings is 1. The molecule has 1 N–H and O–H groups in total. The third kappa shape index (κ3) is 2.55. The summed E-state index contributed by atoms with van der Waals surface area (Å²) < 4.78 is 13.9. The monoisotopic (exact) mass is 256 g/mol. The van der Waals surface area contributed by atoms with Crippen LogP contribution in [0.3, 0.4) is 0 Å². The summed E-state index contributed by atoms with van der Waals surface area (Å²) in [6.07, 6.45) is 2.06. The Morgan fingerprint density at radius 3 is 2.88 bits per heavy atom. The lowest BCUT2D eigenvalue weighted by atomic mass is 9.97. The van der Waals surface area contributed by atoms with Crippen molar-refractivity contribution in [3.05, 3.63) is 29.0 Å². The molecule has 1 aromatic rings. The van der Waals surface area contributed by atoms with Crippen molar-refractivity contribution in [2.24, 2.45) is 0 Å². The van der Waals surface area contributed by atoms with Crippen LogP contribution in [0.4, 0.5) is 10.1 Å². The molecule has 1 aliphatic heterocycles. The second-order valence-electron chi connectivity index (χ2n) is 4.63. The van der Waals surface area contributed by atoms with Crippen LogP contribution in [-0.4, -0.2) is 25.7 Å². The van der Waals surface area contributed by atoms with Gasteiger partial charge in [0, 0.05) is 18.6 Å². The minimum Gasteiger partial charge on any atom is -0.366 e. The van der Waals surface area contributed by atoms with Crippen LogP contribution in [0.5, 0.6) is 0 Å². The molecule has 1 heterocycles. The third-order valence-corrected chi connectivity index (χ3v) is 3.82. The maximum Gasteiger partial charge on any atom is 0.165 e. The smallest absolute Gasteiger partial charge is 0.165 e. The molecule has 2 atom stereocenters. The van der Waals surface area contributed by atoms with E-state index in [-0.39, 0.29) is 10.8 Å². The Bertz CT molecular complexity index is 397. The van der Waals surface area contributed by atoms with Gasteiger partial charge in [-0.15, -0.1) is 0 Å². The summed E-state index contributed by atoms with van der Waals surface area (Å²) >= 11 is 5.82. The Kier molecular flexibility index (Phi) is 3.89. The summed E-state index contributed by atoms with van der Waals surface area (Å²) in [5.74, 6) is -0.302. The second kappa shape index (κ2) is 5.23. The highest BCUT2D eigenvalue weighted by molar-refractivity contribution is 6.31. The molecule has 0 saturated carbocycles. The van der Waals surface area contributed by atoms with Crippen molar-refractivity contribution >= 4 is 17.3 Å². The molecule has 4 heteroatoms. The molecule has 0 bridgehead atoms. The topological polar surface area (TPSA) is 15.3 Å². The molecular weight excluding hydrogens is 239 g/mol. The minimum absolute atomic E-state index is 0.199. The van der Waals surface area contributed by atoms with Crippen LogP contribution >= 0.6 is 11.6 Å². The number of rotatable bonds is 2. The van der Waals surface area contributed by atoms with E-state index in [9.17, 15) is 4.39 Å². The molecule has 1 saturated heterocycles. The van der Waals surface area contributed by atoms with Gasteiger partial charge in [0.2, 0.25) is 0 Å². The average molecular weight is 257 g/mol. The molecule has 1 fully saturated rings. The Morgan fingerprint density at radius 1 is 1.47 bits per heavy atom. The van der Waals surface area contributed by atoms with E-state index in [2.05, 4.69) is 17.1 Å². The van der Waals surface area contributed by atoms with Gasteiger partial charge in [-0.05, 0) is 38.9 Å².